The van der Waals surface area contributed by atoms with Gasteiger partial charge in [0.1, 0.15) is 4.49 Å². The second kappa shape index (κ2) is 5.30. The number of hydrogen-bond acceptors (Lipinski definition) is 2. The van der Waals surface area contributed by atoms with Crippen LogP contribution in [0.4, 0.5) is 0 Å². The van der Waals surface area contributed by atoms with Gasteiger partial charge in [-0.3, -0.25) is 0 Å². The van der Waals surface area contributed by atoms with E-state index in [1.54, 1.807) is 16.7 Å². The second-order valence-corrected chi connectivity index (χ2v) is 6.40. The molecule has 0 saturated carbocycles. The van der Waals surface area contributed by atoms with E-state index >= 15 is 0 Å². The average molecular weight is 330 g/mol. The van der Waals surface area contributed by atoms with Gasteiger partial charge in [-0.15, -0.1) is 22.7 Å². The summed E-state index contributed by atoms with van der Waals surface area (Å²) in [6.07, 6.45) is 0. The van der Waals surface area contributed by atoms with Crippen molar-refractivity contribution in [3.63, 3.8) is 0 Å². The Bertz CT molecular complexity index is 521. The molecule has 0 N–H and O–H groups in total. The maximum absolute atomic E-state index is 6.10. The zero-order valence-electron chi connectivity index (χ0n) is 7.64. The molecule has 0 aliphatic heterocycles. The summed E-state index contributed by atoms with van der Waals surface area (Å²) >= 11 is 26.8. The lowest BCUT2D eigenvalue weighted by Crippen LogP contribution is -1.82. The van der Waals surface area contributed by atoms with Crippen LogP contribution in [0, 0.1) is 0 Å². The van der Waals surface area contributed by atoms with Gasteiger partial charge < -0.3 is 0 Å². The first-order chi connectivity index (χ1) is 7.61. The minimum absolute atomic E-state index is 0.197. The van der Waals surface area contributed by atoms with Crippen molar-refractivity contribution >= 4 is 74.7 Å². The predicted molar refractivity (Wildman–Crippen MR) is 76.4 cm³/mol. The van der Waals surface area contributed by atoms with Crippen LogP contribution < -0.4 is 0 Å². The Morgan fingerprint density at radius 1 is 1.12 bits per heavy atom. The average Bonchev–Trinajstić information content (AvgIpc) is 2.83. The molecule has 16 heavy (non-hydrogen) atoms. The summed E-state index contributed by atoms with van der Waals surface area (Å²) in [7, 11) is 0. The van der Waals surface area contributed by atoms with Crippen LogP contribution in [0.25, 0.3) is 5.57 Å². The van der Waals surface area contributed by atoms with Crippen molar-refractivity contribution in [1.29, 1.82) is 0 Å². The molecule has 6 heteroatoms. The number of halogens is 4. The first-order valence-corrected chi connectivity index (χ1v) is 7.40. The SMILES string of the molecule is ClC(Cl)=C(c1cccs1)c1scc(Cl)c1Cl. The van der Waals surface area contributed by atoms with Crippen molar-refractivity contribution in [3.05, 3.63) is 47.2 Å². The van der Waals surface area contributed by atoms with Gasteiger partial charge in [0.25, 0.3) is 0 Å². The summed E-state index contributed by atoms with van der Waals surface area (Å²) in [6.45, 7) is 0. The Labute approximate surface area is 121 Å². The maximum atomic E-state index is 6.10. The van der Waals surface area contributed by atoms with Crippen molar-refractivity contribution in [3.8, 4) is 0 Å². The molecule has 0 aromatic carbocycles. The Morgan fingerprint density at radius 2 is 1.88 bits per heavy atom. The molecule has 0 unspecified atom stereocenters. The van der Waals surface area contributed by atoms with E-state index in [1.807, 2.05) is 17.5 Å². The molecule has 0 saturated heterocycles. The Balaban J connectivity index is 2.60. The second-order valence-electron chi connectivity index (χ2n) is 2.84. The zero-order chi connectivity index (χ0) is 11.7. The highest BCUT2D eigenvalue weighted by Gasteiger charge is 2.17. The summed E-state index contributed by atoms with van der Waals surface area (Å²) in [6, 6.07) is 3.87. The van der Waals surface area contributed by atoms with Crippen molar-refractivity contribution in [2.24, 2.45) is 0 Å². The van der Waals surface area contributed by atoms with Crippen LogP contribution in [0.3, 0.4) is 0 Å². The largest absolute Gasteiger partial charge is 0.144 e. The van der Waals surface area contributed by atoms with Crippen LogP contribution in [-0.4, -0.2) is 0 Å². The lowest BCUT2D eigenvalue weighted by Gasteiger charge is -2.03. The minimum Gasteiger partial charge on any atom is -0.144 e. The molecule has 2 aromatic heterocycles. The molecule has 0 bridgehead atoms. The molecule has 0 radical (unpaired) electrons. The molecule has 0 spiro atoms. The van der Waals surface area contributed by atoms with Gasteiger partial charge in [-0.05, 0) is 11.4 Å². The van der Waals surface area contributed by atoms with Gasteiger partial charge in [0.15, 0.2) is 0 Å². The van der Waals surface area contributed by atoms with Gasteiger partial charge >= 0.3 is 0 Å². The van der Waals surface area contributed by atoms with Crippen molar-refractivity contribution in [2.75, 3.05) is 0 Å². The first kappa shape index (κ1) is 12.7. The van der Waals surface area contributed by atoms with Gasteiger partial charge in [-0.25, -0.2) is 0 Å². The smallest absolute Gasteiger partial charge is 0.116 e. The third kappa shape index (κ3) is 2.42. The standard InChI is InChI=1S/C10H4Cl4S2/c11-5-4-16-9(8(5)12)7(10(13)14)6-2-1-3-15-6/h1-4H. The molecular formula is C10H4Cl4S2. The van der Waals surface area contributed by atoms with Crippen LogP contribution in [0.2, 0.25) is 10.0 Å². The van der Waals surface area contributed by atoms with E-state index in [0.29, 0.717) is 10.0 Å². The molecule has 0 nitrogen and oxygen atoms in total. The molecule has 0 fully saturated rings. The van der Waals surface area contributed by atoms with Crippen LogP contribution in [-0.2, 0) is 0 Å². The quantitative estimate of drug-likeness (QED) is 0.605. The van der Waals surface area contributed by atoms with E-state index in [2.05, 4.69) is 0 Å². The first-order valence-electron chi connectivity index (χ1n) is 4.13. The fourth-order valence-corrected chi connectivity index (χ4v) is 4.18. The van der Waals surface area contributed by atoms with Gasteiger partial charge in [0.05, 0.1) is 14.9 Å². The normalized spacial score (nSPS) is 10.5. The fraction of sp³-hybridized carbons (Fsp3) is 0. The number of rotatable bonds is 2. The minimum atomic E-state index is 0.197. The summed E-state index contributed by atoms with van der Waals surface area (Å²) < 4.78 is 0.197. The zero-order valence-corrected chi connectivity index (χ0v) is 12.3. The third-order valence-electron chi connectivity index (χ3n) is 1.87. The van der Waals surface area contributed by atoms with Gasteiger partial charge in [-0.2, -0.15) is 0 Å². The Morgan fingerprint density at radius 3 is 2.31 bits per heavy atom. The molecule has 0 atom stereocenters. The summed E-state index contributed by atoms with van der Waals surface area (Å²) in [4.78, 5) is 1.77. The van der Waals surface area contributed by atoms with Gasteiger partial charge in [-0.1, -0.05) is 52.5 Å². The van der Waals surface area contributed by atoms with Crippen molar-refractivity contribution < 1.29 is 0 Å². The van der Waals surface area contributed by atoms with Gasteiger partial charge in [0.2, 0.25) is 0 Å². The molecule has 0 amide bonds. The monoisotopic (exact) mass is 328 g/mol. The molecule has 2 rings (SSSR count). The third-order valence-corrected chi connectivity index (χ3v) is 5.16. The van der Waals surface area contributed by atoms with E-state index < -0.39 is 0 Å². The van der Waals surface area contributed by atoms with Crippen LogP contribution in [0.15, 0.2) is 27.4 Å². The molecule has 84 valence electrons. The highest BCUT2D eigenvalue weighted by atomic mass is 35.5. The van der Waals surface area contributed by atoms with E-state index in [1.165, 1.54) is 11.3 Å². The van der Waals surface area contributed by atoms with Crippen LogP contribution in [0.1, 0.15) is 9.75 Å². The fourth-order valence-electron chi connectivity index (χ4n) is 1.20. The summed E-state index contributed by atoms with van der Waals surface area (Å²) in [5, 5.41) is 4.73. The molecule has 0 aliphatic carbocycles. The van der Waals surface area contributed by atoms with Crippen molar-refractivity contribution in [1.82, 2.24) is 0 Å². The number of thiophene rings is 2. The molecular weight excluding hydrogens is 326 g/mol. The Kier molecular flexibility index (Phi) is 4.22. The van der Waals surface area contributed by atoms with Gasteiger partial charge in [0, 0.05) is 15.8 Å². The summed E-state index contributed by atoms with van der Waals surface area (Å²) in [5.74, 6) is 0. The molecule has 2 aromatic rings. The van der Waals surface area contributed by atoms with Crippen LogP contribution in [0.5, 0.6) is 0 Å². The lowest BCUT2D eigenvalue weighted by molar-refractivity contribution is 1.79. The van der Waals surface area contributed by atoms with E-state index in [9.17, 15) is 0 Å². The van der Waals surface area contributed by atoms with Crippen LogP contribution >= 0.6 is 69.1 Å². The van der Waals surface area contributed by atoms with Crippen molar-refractivity contribution in [2.45, 2.75) is 0 Å². The molecule has 2 heterocycles. The maximum Gasteiger partial charge on any atom is 0.116 e. The van der Waals surface area contributed by atoms with E-state index in [4.69, 9.17) is 46.4 Å². The highest BCUT2D eigenvalue weighted by Crippen LogP contribution is 2.43. The predicted octanol–water partition coefficient (Wildman–Crippen LogP) is 6.31. The van der Waals surface area contributed by atoms with E-state index in [0.717, 1.165) is 15.3 Å². The van der Waals surface area contributed by atoms with E-state index in [-0.39, 0.29) is 4.49 Å². The number of hydrogen-bond donors (Lipinski definition) is 0. The summed E-state index contributed by atoms with van der Waals surface area (Å²) in [5.41, 5.74) is 0.736. The molecule has 0 aliphatic rings. The highest BCUT2D eigenvalue weighted by molar-refractivity contribution is 7.14. The lowest BCUT2D eigenvalue weighted by atomic mass is 10.2. The topological polar surface area (TPSA) is 0 Å². The Hall–Kier alpha value is 0.300.